The first-order valence-corrected chi connectivity index (χ1v) is 11.1. The van der Waals surface area contributed by atoms with E-state index < -0.39 is 23.0 Å². The molecular weight excluding hydrogens is 395 g/mol. The van der Waals surface area contributed by atoms with E-state index in [1.807, 2.05) is 6.07 Å². The molecule has 0 bridgehead atoms. The van der Waals surface area contributed by atoms with E-state index in [0.29, 0.717) is 11.3 Å². The second-order valence-electron chi connectivity index (χ2n) is 8.69. The van der Waals surface area contributed by atoms with Crippen LogP contribution in [0.5, 0.6) is 0 Å². The fraction of sp³-hybridized carbons (Fsp3) is 0.370. The smallest absolute Gasteiger partial charge is 0.144 e. The van der Waals surface area contributed by atoms with Crippen LogP contribution in [0.25, 0.3) is 21.9 Å². The first kappa shape index (κ1) is 21.4. The number of nitriles is 1. The predicted octanol–water partition coefficient (Wildman–Crippen LogP) is 8.26. The van der Waals surface area contributed by atoms with E-state index in [1.54, 1.807) is 18.2 Å². The molecule has 0 aliphatic heterocycles. The normalized spacial score (nSPS) is 18.8. The summed E-state index contributed by atoms with van der Waals surface area (Å²) in [6.45, 7) is 2.24. The van der Waals surface area contributed by atoms with E-state index in [1.165, 1.54) is 56.6 Å². The summed E-state index contributed by atoms with van der Waals surface area (Å²) in [5.41, 5.74) is 0.796. The van der Waals surface area contributed by atoms with E-state index in [2.05, 4.69) is 13.0 Å². The third kappa shape index (κ3) is 4.32. The van der Waals surface area contributed by atoms with Gasteiger partial charge in [-0.15, -0.1) is 0 Å². The van der Waals surface area contributed by atoms with Crippen molar-refractivity contribution < 1.29 is 13.2 Å². The summed E-state index contributed by atoms with van der Waals surface area (Å²) in [5, 5.41) is 10.1. The van der Waals surface area contributed by atoms with Crippen LogP contribution in [0.15, 0.2) is 42.5 Å². The monoisotopic (exact) mass is 421 g/mol. The Hall–Kier alpha value is -2.80. The van der Waals surface area contributed by atoms with Crippen molar-refractivity contribution in [3.8, 4) is 17.2 Å². The molecule has 0 spiro atoms. The van der Waals surface area contributed by atoms with Gasteiger partial charge in [-0.3, -0.25) is 0 Å². The average Bonchev–Trinajstić information content (AvgIpc) is 2.78. The molecule has 1 aliphatic carbocycles. The van der Waals surface area contributed by atoms with Crippen molar-refractivity contribution in [1.29, 1.82) is 5.26 Å². The Kier molecular flexibility index (Phi) is 6.32. The highest BCUT2D eigenvalue weighted by Crippen LogP contribution is 2.39. The zero-order valence-corrected chi connectivity index (χ0v) is 17.7. The van der Waals surface area contributed by atoms with Gasteiger partial charge in [-0.25, -0.2) is 13.2 Å². The summed E-state index contributed by atoms with van der Waals surface area (Å²) in [6.07, 6.45) is 8.73. The molecule has 3 aromatic carbocycles. The molecule has 0 radical (unpaired) electrons. The Morgan fingerprint density at radius 1 is 0.935 bits per heavy atom. The third-order valence-corrected chi connectivity index (χ3v) is 6.73. The standard InChI is InChI=1S/C27H26F3N/c1-2-3-4-17-5-7-18(8-6-17)19-9-11-22-20(13-19)10-12-23(27(22)30)21-14-25(28)24(16-31)26(29)15-21/h9-15,17-18H,2-8H2,1H3/t17-,18-. The molecule has 0 aromatic heterocycles. The molecule has 0 heterocycles. The van der Waals surface area contributed by atoms with Crippen LogP contribution >= 0.6 is 0 Å². The highest BCUT2D eigenvalue weighted by atomic mass is 19.1. The van der Waals surface area contributed by atoms with Gasteiger partial charge in [-0.2, -0.15) is 5.26 Å². The van der Waals surface area contributed by atoms with Crippen LogP contribution in [0.3, 0.4) is 0 Å². The van der Waals surface area contributed by atoms with E-state index in [9.17, 15) is 8.78 Å². The zero-order chi connectivity index (χ0) is 22.0. The number of halogens is 3. The summed E-state index contributed by atoms with van der Waals surface area (Å²) >= 11 is 0. The van der Waals surface area contributed by atoms with Gasteiger partial charge in [-0.05, 0) is 66.2 Å². The van der Waals surface area contributed by atoms with E-state index >= 15 is 4.39 Å². The molecule has 4 heteroatoms. The maximum Gasteiger partial charge on any atom is 0.144 e. The molecule has 1 nitrogen and oxygen atoms in total. The minimum Gasteiger partial charge on any atom is -0.206 e. The largest absolute Gasteiger partial charge is 0.206 e. The van der Waals surface area contributed by atoms with Gasteiger partial charge in [-0.1, -0.05) is 56.5 Å². The van der Waals surface area contributed by atoms with Crippen molar-refractivity contribution >= 4 is 10.8 Å². The number of benzene rings is 3. The van der Waals surface area contributed by atoms with Crippen LogP contribution in [-0.4, -0.2) is 0 Å². The summed E-state index contributed by atoms with van der Waals surface area (Å²) in [5.74, 6) is -1.13. The van der Waals surface area contributed by atoms with Crippen LogP contribution in [0.1, 0.15) is 68.9 Å². The highest BCUT2D eigenvalue weighted by molar-refractivity contribution is 5.89. The molecule has 0 unspecified atom stereocenters. The molecule has 0 amide bonds. The molecule has 31 heavy (non-hydrogen) atoms. The number of hydrogen-bond acceptors (Lipinski definition) is 1. The van der Waals surface area contributed by atoms with Gasteiger partial charge >= 0.3 is 0 Å². The molecule has 3 aromatic rings. The van der Waals surface area contributed by atoms with Gasteiger partial charge in [0, 0.05) is 10.9 Å². The molecule has 4 rings (SSSR count). The Morgan fingerprint density at radius 2 is 1.65 bits per heavy atom. The number of nitrogens with zero attached hydrogens (tertiary/aromatic N) is 1. The fourth-order valence-corrected chi connectivity index (χ4v) is 4.90. The maximum atomic E-state index is 15.2. The van der Waals surface area contributed by atoms with Gasteiger partial charge in [0.05, 0.1) is 0 Å². The Morgan fingerprint density at radius 3 is 2.29 bits per heavy atom. The summed E-state index contributed by atoms with van der Waals surface area (Å²) in [4.78, 5) is 0. The Labute approximate surface area is 181 Å². The molecule has 1 fully saturated rings. The van der Waals surface area contributed by atoms with Crippen molar-refractivity contribution in [3.05, 3.63) is 71.0 Å². The second-order valence-corrected chi connectivity index (χ2v) is 8.69. The SMILES string of the molecule is CCCC[C@H]1CC[C@H](c2ccc3c(F)c(-c4cc(F)c(C#N)c(F)c4)ccc3c2)CC1. The van der Waals surface area contributed by atoms with Gasteiger partial charge in [0.1, 0.15) is 29.1 Å². The van der Waals surface area contributed by atoms with Gasteiger partial charge in [0.2, 0.25) is 0 Å². The highest BCUT2D eigenvalue weighted by Gasteiger charge is 2.23. The topological polar surface area (TPSA) is 23.8 Å². The van der Waals surface area contributed by atoms with Crippen molar-refractivity contribution in [1.82, 2.24) is 0 Å². The second kappa shape index (κ2) is 9.14. The first-order valence-electron chi connectivity index (χ1n) is 11.1. The van der Waals surface area contributed by atoms with E-state index in [-0.39, 0.29) is 11.1 Å². The van der Waals surface area contributed by atoms with Crippen molar-refractivity contribution in [2.45, 2.75) is 57.8 Å². The van der Waals surface area contributed by atoms with E-state index in [4.69, 9.17) is 5.26 Å². The first-order chi connectivity index (χ1) is 15.0. The molecule has 0 saturated heterocycles. The average molecular weight is 422 g/mol. The van der Waals surface area contributed by atoms with Crippen molar-refractivity contribution in [2.75, 3.05) is 0 Å². The van der Waals surface area contributed by atoms with Crippen LogP contribution in [0.2, 0.25) is 0 Å². The van der Waals surface area contributed by atoms with Crippen molar-refractivity contribution in [2.24, 2.45) is 5.92 Å². The van der Waals surface area contributed by atoms with Gasteiger partial charge in [0.15, 0.2) is 0 Å². The molecular formula is C27H26F3N. The minimum absolute atomic E-state index is 0.0860. The molecule has 0 N–H and O–H groups in total. The van der Waals surface area contributed by atoms with Gasteiger partial charge < -0.3 is 0 Å². The van der Waals surface area contributed by atoms with Crippen LogP contribution in [0, 0.1) is 34.7 Å². The fourth-order valence-electron chi connectivity index (χ4n) is 4.90. The van der Waals surface area contributed by atoms with Crippen molar-refractivity contribution in [3.63, 3.8) is 0 Å². The molecule has 1 saturated carbocycles. The lowest BCUT2D eigenvalue weighted by atomic mass is 9.77. The zero-order valence-electron chi connectivity index (χ0n) is 17.7. The van der Waals surface area contributed by atoms with E-state index in [0.717, 1.165) is 23.4 Å². The lowest BCUT2D eigenvalue weighted by molar-refractivity contribution is 0.304. The van der Waals surface area contributed by atoms with Crippen LogP contribution in [0.4, 0.5) is 13.2 Å². The number of rotatable bonds is 5. The summed E-state index contributed by atoms with van der Waals surface area (Å²) in [7, 11) is 0. The predicted molar refractivity (Wildman–Crippen MR) is 118 cm³/mol. The lowest BCUT2D eigenvalue weighted by Crippen LogP contribution is -2.13. The lowest BCUT2D eigenvalue weighted by Gasteiger charge is -2.29. The maximum absolute atomic E-state index is 15.2. The Balaban J connectivity index is 1.60. The van der Waals surface area contributed by atoms with Crippen LogP contribution in [-0.2, 0) is 0 Å². The number of fused-ring (bicyclic) bond motifs is 1. The third-order valence-electron chi connectivity index (χ3n) is 6.73. The Bertz CT molecular complexity index is 1110. The minimum atomic E-state index is -0.984. The summed E-state index contributed by atoms with van der Waals surface area (Å²) in [6, 6.07) is 12.7. The molecule has 160 valence electrons. The number of unbranched alkanes of at least 4 members (excludes halogenated alkanes) is 1. The molecule has 1 aliphatic rings. The number of hydrogen-bond donors (Lipinski definition) is 0. The van der Waals surface area contributed by atoms with Gasteiger partial charge in [0.25, 0.3) is 0 Å². The van der Waals surface area contributed by atoms with Crippen LogP contribution < -0.4 is 0 Å². The molecule has 0 atom stereocenters. The summed E-state index contributed by atoms with van der Waals surface area (Å²) < 4.78 is 43.3. The quantitative estimate of drug-likeness (QED) is 0.407.